The van der Waals surface area contributed by atoms with Crippen molar-refractivity contribution < 1.29 is 32.9 Å². The maximum Gasteiger partial charge on any atom is 0.344 e. The molecule has 1 unspecified atom stereocenters. The lowest BCUT2D eigenvalue weighted by Gasteiger charge is -2.15. The first-order valence-electron chi connectivity index (χ1n) is 8.60. The van der Waals surface area contributed by atoms with Crippen LogP contribution >= 0.6 is 15.9 Å². The van der Waals surface area contributed by atoms with Crippen LogP contribution in [0.15, 0.2) is 40.9 Å². The number of ether oxygens (including phenoxy) is 4. The molecule has 0 saturated carbocycles. The first kappa shape index (κ1) is 22.5. The molecule has 0 aliphatic rings. The first-order chi connectivity index (χ1) is 13.8. The number of carbonyl (C=O) groups is 2. The molecule has 0 bridgehead atoms. The third-order valence-corrected chi connectivity index (χ3v) is 4.32. The van der Waals surface area contributed by atoms with Gasteiger partial charge in [-0.05, 0) is 42.8 Å². The van der Waals surface area contributed by atoms with Crippen LogP contribution in [0.25, 0.3) is 0 Å². The minimum Gasteiger partial charge on any atom is -0.493 e. The molecule has 1 amide bonds. The average molecular weight is 470 g/mol. The van der Waals surface area contributed by atoms with Gasteiger partial charge in [0.15, 0.2) is 35.8 Å². The molecule has 0 spiro atoms. The predicted octanol–water partition coefficient (Wildman–Crippen LogP) is 3.23. The number of benzene rings is 2. The van der Waals surface area contributed by atoms with Crippen LogP contribution in [0, 0.1) is 5.82 Å². The van der Waals surface area contributed by atoms with Crippen molar-refractivity contribution in [2.45, 2.75) is 19.6 Å². The Labute approximate surface area is 176 Å². The van der Waals surface area contributed by atoms with Crippen LogP contribution in [0.1, 0.15) is 12.5 Å². The molecule has 2 aromatic rings. The summed E-state index contributed by atoms with van der Waals surface area (Å²) >= 11 is 3.13. The summed E-state index contributed by atoms with van der Waals surface area (Å²) in [6, 6.07) is 9.41. The second-order valence-electron chi connectivity index (χ2n) is 5.90. The molecule has 0 aliphatic carbocycles. The molecule has 0 aliphatic heterocycles. The molecule has 2 rings (SSSR count). The second kappa shape index (κ2) is 10.7. The van der Waals surface area contributed by atoms with Crippen LogP contribution in [0.5, 0.6) is 17.2 Å². The molecule has 7 nitrogen and oxygen atoms in total. The zero-order chi connectivity index (χ0) is 21.4. The molecular formula is C20H21BrFNO6. The Balaban J connectivity index is 1.81. The quantitative estimate of drug-likeness (QED) is 0.567. The normalized spacial score (nSPS) is 11.3. The molecule has 0 fully saturated rings. The Morgan fingerprint density at radius 3 is 2.41 bits per heavy atom. The number of esters is 1. The second-order valence-corrected chi connectivity index (χ2v) is 6.82. The number of rotatable bonds is 9. The van der Waals surface area contributed by atoms with E-state index in [0.717, 1.165) is 5.56 Å². The Bertz CT molecular complexity index is 876. The summed E-state index contributed by atoms with van der Waals surface area (Å²) in [6.45, 7) is 1.12. The zero-order valence-corrected chi connectivity index (χ0v) is 17.7. The fourth-order valence-corrected chi connectivity index (χ4v) is 2.67. The van der Waals surface area contributed by atoms with E-state index in [4.69, 9.17) is 18.9 Å². The van der Waals surface area contributed by atoms with E-state index in [0.29, 0.717) is 16.0 Å². The van der Waals surface area contributed by atoms with Crippen LogP contribution in [0.2, 0.25) is 0 Å². The maximum atomic E-state index is 13.7. The lowest BCUT2D eigenvalue weighted by Crippen LogP contribution is -2.36. The van der Waals surface area contributed by atoms with Gasteiger partial charge < -0.3 is 24.3 Å². The molecule has 0 radical (unpaired) electrons. The lowest BCUT2D eigenvalue weighted by molar-refractivity contribution is -0.156. The van der Waals surface area contributed by atoms with Crippen molar-refractivity contribution in [3.63, 3.8) is 0 Å². The fourth-order valence-electron chi connectivity index (χ4n) is 2.34. The van der Waals surface area contributed by atoms with Gasteiger partial charge in [0.25, 0.3) is 5.91 Å². The van der Waals surface area contributed by atoms with Crippen molar-refractivity contribution in [3.8, 4) is 17.2 Å². The van der Waals surface area contributed by atoms with Crippen molar-refractivity contribution in [2.24, 2.45) is 0 Å². The number of nitrogens with one attached hydrogen (secondary N) is 1. The fraction of sp³-hybridized carbons (Fsp3) is 0.300. The van der Waals surface area contributed by atoms with Crippen LogP contribution in [0.4, 0.5) is 4.39 Å². The highest BCUT2D eigenvalue weighted by Gasteiger charge is 2.18. The summed E-state index contributed by atoms with van der Waals surface area (Å²) in [5.74, 6) is -0.865. The molecule has 1 N–H and O–H groups in total. The molecule has 9 heteroatoms. The van der Waals surface area contributed by atoms with E-state index in [1.54, 1.807) is 24.3 Å². The van der Waals surface area contributed by atoms with E-state index >= 15 is 0 Å². The molecule has 0 saturated heterocycles. The van der Waals surface area contributed by atoms with Crippen LogP contribution in [-0.4, -0.2) is 38.8 Å². The first-order valence-corrected chi connectivity index (χ1v) is 9.39. The van der Waals surface area contributed by atoms with Gasteiger partial charge in [-0.1, -0.05) is 22.0 Å². The Kier molecular flexibility index (Phi) is 8.26. The van der Waals surface area contributed by atoms with Crippen molar-refractivity contribution >= 4 is 27.8 Å². The summed E-state index contributed by atoms with van der Waals surface area (Å²) in [6.07, 6.45) is -1.04. The zero-order valence-electron chi connectivity index (χ0n) is 16.2. The molecule has 2 aromatic carbocycles. The van der Waals surface area contributed by atoms with Gasteiger partial charge in [0, 0.05) is 11.0 Å². The minimum atomic E-state index is -1.04. The summed E-state index contributed by atoms with van der Waals surface area (Å²) < 4.78 is 34.7. The molecule has 1 atom stereocenters. The molecule has 156 valence electrons. The topological polar surface area (TPSA) is 83.1 Å². The number of methoxy groups -OCH3 is 2. The highest BCUT2D eigenvalue weighted by molar-refractivity contribution is 9.10. The number of carbonyl (C=O) groups excluding carboxylic acids is 2. The lowest BCUT2D eigenvalue weighted by atomic mass is 10.2. The van der Waals surface area contributed by atoms with Crippen LogP contribution in [-0.2, 0) is 20.9 Å². The highest BCUT2D eigenvalue weighted by Crippen LogP contribution is 2.27. The van der Waals surface area contributed by atoms with Gasteiger partial charge >= 0.3 is 5.97 Å². The SMILES string of the molecule is COc1ccc(CNC(=O)C(C)OC(=O)COc2ccc(Br)cc2F)cc1OC. The van der Waals surface area contributed by atoms with E-state index in [-0.39, 0.29) is 12.3 Å². The Morgan fingerprint density at radius 1 is 1.07 bits per heavy atom. The van der Waals surface area contributed by atoms with Crippen molar-refractivity contribution in [2.75, 3.05) is 20.8 Å². The van der Waals surface area contributed by atoms with Crippen LogP contribution < -0.4 is 19.5 Å². The van der Waals surface area contributed by atoms with Gasteiger partial charge in [-0.2, -0.15) is 0 Å². The van der Waals surface area contributed by atoms with Crippen molar-refractivity contribution in [3.05, 3.63) is 52.3 Å². The Hall–Kier alpha value is -2.81. The van der Waals surface area contributed by atoms with E-state index in [1.807, 2.05) is 0 Å². The largest absolute Gasteiger partial charge is 0.493 e. The van der Waals surface area contributed by atoms with Crippen molar-refractivity contribution in [1.82, 2.24) is 5.32 Å². The molecule has 0 heterocycles. The van der Waals surface area contributed by atoms with Gasteiger partial charge in [-0.15, -0.1) is 0 Å². The standard InChI is InChI=1S/C20H21BrFNO6/c1-12(29-19(24)11-28-16-7-5-14(21)9-15(16)22)20(25)23-10-13-4-6-17(26-2)18(8-13)27-3/h4-9,12H,10-11H2,1-3H3,(H,23,25). The van der Waals surface area contributed by atoms with Crippen LogP contribution in [0.3, 0.4) is 0 Å². The highest BCUT2D eigenvalue weighted by atomic mass is 79.9. The van der Waals surface area contributed by atoms with Gasteiger partial charge in [0.2, 0.25) is 0 Å². The molecule has 0 aromatic heterocycles. The summed E-state index contributed by atoms with van der Waals surface area (Å²) in [5, 5.41) is 2.66. The van der Waals surface area contributed by atoms with Gasteiger partial charge in [-0.3, -0.25) is 4.79 Å². The third-order valence-electron chi connectivity index (χ3n) is 3.83. The monoisotopic (exact) mass is 469 g/mol. The maximum absolute atomic E-state index is 13.7. The van der Waals surface area contributed by atoms with E-state index in [2.05, 4.69) is 21.2 Å². The van der Waals surface area contributed by atoms with Gasteiger partial charge in [-0.25, -0.2) is 9.18 Å². The molecular weight excluding hydrogens is 449 g/mol. The summed E-state index contributed by atoms with van der Waals surface area (Å²) in [7, 11) is 3.05. The number of halogens is 2. The van der Waals surface area contributed by atoms with Crippen molar-refractivity contribution in [1.29, 1.82) is 0 Å². The smallest absolute Gasteiger partial charge is 0.344 e. The molecule has 29 heavy (non-hydrogen) atoms. The summed E-state index contributed by atoms with van der Waals surface area (Å²) in [5.41, 5.74) is 0.781. The number of hydrogen-bond donors (Lipinski definition) is 1. The number of hydrogen-bond acceptors (Lipinski definition) is 6. The number of amides is 1. The average Bonchev–Trinajstić information content (AvgIpc) is 2.70. The van der Waals surface area contributed by atoms with E-state index in [9.17, 15) is 14.0 Å². The van der Waals surface area contributed by atoms with E-state index < -0.39 is 30.4 Å². The third kappa shape index (κ3) is 6.63. The van der Waals surface area contributed by atoms with E-state index in [1.165, 1.54) is 33.3 Å². The Morgan fingerprint density at radius 2 is 1.76 bits per heavy atom. The van der Waals surface area contributed by atoms with Gasteiger partial charge in [0.1, 0.15) is 0 Å². The summed E-state index contributed by atoms with van der Waals surface area (Å²) in [4.78, 5) is 24.0. The minimum absolute atomic E-state index is 0.0873. The van der Waals surface area contributed by atoms with Gasteiger partial charge in [0.05, 0.1) is 14.2 Å². The predicted molar refractivity (Wildman–Crippen MR) is 107 cm³/mol.